The quantitative estimate of drug-likeness (QED) is 0.735. The highest BCUT2D eigenvalue weighted by Gasteiger charge is 2.26. The minimum Gasteiger partial charge on any atom is -0.370 e. The number of benzene rings is 1. The molecule has 1 aliphatic heterocycles. The summed E-state index contributed by atoms with van der Waals surface area (Å²) < 4.78 is 0. The van der Waals surface area contributed by atoms with E-state index in [1.165, 1.54) is 18.4 Å². The van der Waals surface area contributed by atoms with Crippen LogP contribution < -0.4 is 4.90 Å². The third-order valence-corrected chi connectivity index (χ3v) is 3.73. The van der Waals surface area contributed by atoms with Crippen molar-refractivity contribution in [3.8, 4) is 6.07 Å². The van der Waals surface area contributed by atoms with Crippen molar-refractivity contribution >= 4 is 5.69 Å². The molecule has 2 rings (SSSR count). The number of piperidine rings is 1. The number of aryl methyl sites for hydroxylation is 1. The van der Waals surface area contributed by atoms with E-state index in [2.05, 4.69) is 37.8 Å². The molecule has 1 aromatic rings. The van der Waals surface area contributed by atoms with Crippen LogP contribution in [0.3, 0.4) is 0 Å². The zero-order valence-corrected chi connectivity index (χ0v) is 11.0. The average Bonchev–Trinajstić information content (AvgIpc) is 2.29. The van der Waals surface area contributed by atoms with Gasteiger partial charge in [-0.3, -0.25) is 0 Å². The molecule has 0 aliphatic carbocycles. The molecule has 0 bridgehead atoms. The van der Waals surface area contributed by atoms with Crippen molar-refractivity contribution in [3.63, 3.8) is 0 Å². The van der Waals surface area contributed by atoms with E-state index < -0.39 is 0 Å². The Hall–Kier alpha value is -1.49. The largest absolute Gasteiger partial charge is 0.370 e. The lowest BCUT2D eigenvalue weighted by atomic mass is 9.82. The molecule has 0 atom stereocenters. The van der Waals surface area contributed by atoms with Crippen LogP contribution in [0.2, 0.25) is 0 Å². The summed E-state index contributed by atoms with van der Waals surface area (Å²) in [4.78, 5) is 2.36. The van der Waals surface area contributed by atoms with Crippen LogP contribution in [0.5, 0.6) is 0 Å². The Morgan fingerprint density at radius 3 is 2.47 bits per heavy atom. The van der Waals surface area contributed by atoms with Gasteiger partial charge in [0.05, 0.1) is 11.3 Å². The van der Waals surface area contributed by atoms with E-state index in [1.807, 2.05) is 12.1 Å². The van der Waals surface area contributed by atoms with Gasteiger partial charge in [0.15, 0.2) is 0 Å². The fraction of sp³-hybridized carbons (Fsp3) is 0.533. The number of hydrogen-bond acceptors (Lipinski definition) is 2. The normalized spacial score (nSPS) is 18.8. The van der Waals surface area contributed by atoms with Gasteiger partial charge in [-0.05, 0) is 42.9 Å². The molecular weight excluding hydrogens is 208 g/mol. The summed E-state index contributed by atoms with van der Waals surface area (Å²) in [5.41, 5.74) is 3.59. The standard InChI is InChI=1S/C15H20N2/c1-12-4-5-13(11-16)14(10-12)17-8-6-15(2,3)7-9-17/h4-5,10H,6-9H2,1-3H3. The minimum absolute atomic E-state index is 0.452. The first-order chi connectivity index (χ1) is 8.02. The number of hydrogen-bond donors (Lipinski definition) is 0. The summed E-state index contributed by atoms with van der Waals surface area (Å²) in [5, 5.41) is 9.17. The third-order valence-electron chi connectivity index (χ3n) is 3.73. The molecule has 0 N–H and O–H groups in total. The van der Waals surface area contributed by atoms with E-state index in [0.29, 0.717) is 5.41 Å². The Balaban J connectivity index is 2.24. The van der Waals surface area contributed by atoms with Crippen molar-refractivity contribution in [2.45, 2.75) is 33.6 Å². The summed E-state index contributed by atoms with van der Waals surface area (Å²) in [6.45, 7) is 8.85. The SMILES string of the molecule is Cc1ccc(C#N)c(N2CCC(C)(C)CC2)c1. The molecule has 1 aromatic carbocycles. The molecular formula is C15H20N2. The first-order valence-electron chi connectivity index (χ1n) is 6.27. The van der Waals surface area contributed by atoms with Gasteiger partial charge in [-0.2, -0.15) is 5.26 Å². The molecule has 2 nitrogen and oxygen atoms in total. The molecule has 1 heterocycles. The van der Waals surface area contributed by atoms with Crippen LogP contribution in [-0.4, -0.2) is 13.1 Å². The highest BCUT2D eigenvalue weighted by atomic mass is 15.1. The van der Waals surface area contributed by atoms with Crippen LogP contribution >= 0.6 is 0 Å². The Morgan fingerprint density at radius 1 is 1.24 bits per heavy atom. The fourth-order valence-electron chi connectivity index (χ4n) is 2.35. The Labute approximate surface area is 104 Å². The molecule has 90 valence electrons. The van der Waals surface area contributed by atoms with E-state index in [0.717, 1.165) is 24.3 Å². The highest BCUT2D eigenvalue weighted by Crippen LogP contribution is 2.33. The number of nitrogens with zero attached hydrogens (tertiary/aromatic N) is 2. The zero-order valence-electron chi connectivity index (χ0n) is 11.0. The van der Waals surface area contributed by atoms with Gasteiger partial charge in [0.2, 0.25) is 0 Å². The van der Waals surface area contributed by atoms with E-state index in [9.17, 15) is 0 Å². The van der Waals surface area contributed by atoms with Gasteiger partial charge >= 0.3 is 0 Å². The maximum atomic E-state index is 9.17. The molecule has 2 heteroatoms. The van der Waals surface area contributed by atoms with E-state index >= 15 is 0 Å². The Bertz CT molecular complexity index is 444. The lowest BCUT2D eigenvalue weighted by Gasteiger charge is -2.38. The van der Waals surface area contributed by atoms with Gasteiger partial charge in [-0.25, -0.2) is 0 Å². The van der Waals surface area contributed by atoms with Gasteiger partial charge in [-0.15, -0.1) is 0 Å². The van der Waals surface area contributed by atoms with E-state index in [-0.39, 0.29) is 0 Å². The molecule has 0 radical (unpaired) electrons. The van der Waals surface area contributed by atoms with Crippen molar-refractivity contribution in [1.29, 1.82) is 5.26 Å². The van der Waals surface area contributed by atoms with E-state index in [1.54, 1.807) is 0 Å². The second kappa shape index (κ2) is 4.41. The second-order valence-electron chi connectivity index (χ2n) is 5.78. The summed E-state index contributed by atoms with van der Waals surface area (Å²) >= 11 is 0. The van der Waals surface area contributed by atoms with Gasteiger partial charge in [0.1, 0.15) is 6.07 Å². The molecule has 1 aliphatic rings. The molecule has 0 spiro atoms. The molecule has 1 saturated heterocycles. The number of anilines is 1. The molecule has 0 amide bonds. The van der Waals surface area contributed by atoms with Crippen molar-refractivity contribution in [2.75, 3.05) is 18.0 Å². The minimum atomic E-state index is 0.452. The topological polar surface area (TPSA) is 27.0 Å². The summed E-state index contributed by atoms with van der Waals surface area (Å²) in [6.07, 6.45) is 2.40. The maximum absolute atomic E-state index is 9.17. The number of rotatable bonds is 1. The molecule has 0 saturated carbocycles. The Morgan fingerprint density at radius 2 is 1.88 bits per heavy atom. The highest BCUT2D eigenvalue weighted by molar-refractivity contribution is 5.60. The first kappa shape index (κ1) is 12.0. The van der Waals surface area contributed by atoms with Crippen LogP contribution in [-0.2, 0) is 0 Å². The molecule has 17 heavy (non-hydrogen) atoms. The third kappa shape index (κ3) is 2.61. The van der Waals surface area contributed by atoms with Crippen LogP contribution in [0, 0.1) is 23.7 Å². The predicted molar refractivity (Wildman–Crippen MR) is 71.1 cm³/mol. The van der Waals surface area contributed by atoms with Crippen molar-refractivity contribution in [2.24, 2.45) is 5.41 Å². The van der Waals surface area contributed by atoms with Crippen molar-refractivity contribution < 1.29 is 0 Å². The molecule has 0 aromatic heterocycles. The summed E-state index contributed by atoms with van der Waals surface area (Å²) in [7, 11) is 0. The van der Waals surface area contributed by atoms with Crippen LogP contribution in [0.25, 0.3) is 0 Å². The molecule has 1 fully saturated rings. The predicted octanol–water partition coefficient (Wildman–Crippen LogP) is 3.49. The van der Waals surface area contributed by atoms with Gasteiger partial charge in [-0.1, -0.05) is 19.9 Å². The maximum Gasteiger partial charge on any atom is 0.101 e. The Kier molecular flexibility index (Phi) is 3.11. The summed E-state index contributed by atoms with van der Waals surface area (Å²) in [5.74, 6) is 0. The lowest BCUT2D eigenvalue weighted by Crippen LogP contribution is -2.37. The van der Waals surface area contributed by atoms with E-state index in [4.69, 9.17) is 5.26 Å². The second-order valence-corrected chi connectivity index (χ2v) is 5.78. The fourth-order valence-corrected chi connectivity index (χ4v) is 2.35. The smallest absolute Gasteiger partial charge is 0.101 e. The van der Waals surface area contributed by atoms with Crippen LogP contribution in [0.4, 0.5) is 5.69 Å². The summed E-state index contributed by atoms with van der Waals surface area (Å²) in [6, 6.07) is 8.38. The van der Waals surface area contributed by atoms with Gasteiger partial charge in [0, 0.05) is 13.1 Å². The van der Waals surface area contributed by atoms with Gasteiger partial charge in [0.25, 0.3) is 0 Å². The van der Waals surface area contributed by atoms with Crippen molar-refractivity contribution in [3.05, 3.63) is 29.3 Å². The monoisotopic (exact) mass is 228 g/mol. The zero-order chi connectivity index (χ0) is 12.5. The van der Waals surface area contributed by atoms with Crippen LogP contribution in [0.1, 0.15) is 37.8 Å². The van der Waals surface area contributed by atoms with Crippen molar-refractivity contribution in [1.82, 2.24) is 0 Å². The molecule has 0 unspecified atom stereocenters. The van der Waals surface area contributed by atoms with Gasteiger partial charge < -0.3 is 4.90 Å². The number of nitriles is 1. The lowest BCUT2D eigenvalue weighted by molar-refractivity contribution is 0.280. The van der Waals surface area contributed by atoms with Crippen LogP contribution in [0.15, 0.2) is 18.2 Å². The first-order valence-corrected chi connectivity index (χ1v) is 6.27. The average molecular weight is 228 g/mol.